The molecule has 3 aromatic rings. The Hall–Kier alpha value is -3.87. The number of methoxy groups -OCH3 is 1. The fraction of sp³-hybridized carbons (Fsp3) is 0.259. The minimum absolute atomic E-state index is 0.0272. The number of amides is 2. The van der Waals surface area contributed by atoms with Crippen LogP contribution in [0.2, 0.25) is 0 Å². The predicted octanol–water partition coefficient (Wildman–Crippen LogP) is 4.46. The minimum atomic E-state index is -0.318. The Morgan fingerprint density at radius 2 is 1.74 bits per heavy atom. The Kier molecular flexibility index (Phi) is 7.11. The molecule has 2 amide bonds. The second-order valence-corrected chi connectivity index (χ2v) is 8.20. The third kappa shape index (κ3) is 5.36. The van der Waals surface area contributed by atoms with E-state index >= 15 is 0 Å². The van der Waals surface area contributed by atoms with Gasteiger partial charge in [-0.2, -0.15) is 0 Å². The summed E-state index contributed by atoms with van der Waals surface area (Å²) in [6, 6.07) is 20.5. The fourth-order valence-corrected chi connectivity index (χ4v) is 4.15. The van der Waals surface area contributed by atoms with Crippen molar-refractivity contribution in [1.82, 2.24) is 9.80 Å². The zero-order valence-corrected chi connectivity index (χ0v) is 19.2. The van der Waals surface area contributed by atoms with E-state index in [-0.39, 0.29) is 30.3 Å². The van der Waals surface area contributed by atoms with E-state index in [1.165, 1.54) is 12.1 Å². The third-order valence-corrected chi connectivity index (χ3v) is 5.95. The number of carbonyl (C=O) groups is 2. The summed E-state index contributed by atoms with van der Waals surface area (Å²) < 4.78 is 24.4. The number of hydrogen-bond acceptors (Lipinski definition) is 4. The lowest BCUT2D eigenvalue weighted by atomic mass is 10.0. The highest BCUT2D eigenvalue weighted by Gasteiger charge is 2.32. The monoisotopic (exact) mass is 462 g/mol. The Bertz CT molecular complexity index is 1170. The van der Waals surface area contributed by atoms with Crippen molar-refractivity contribution >= 4 is 11.8 Å². The van der Waals surface area contributed by atoms with Gasteiger partial charge in [0, 0.05) is 32.1 Å². The number of carbonyl (C=O) groups excluding carboxylic acids is 2. The molecular formula is C27H27FN2O4. The predicted molar refractivity (Wildman–Crippen MR) is 126 cm³/mol. The summed E-state index contributed by atoms with van der Waals surface area (Å²) in [7, 11) is 1.61. The van der Waals surface area contributed by atoms with Crippen LogP contribution in [0.15, 0.2) is 72.8 Å². The van der Waals surface area contributed by atoms with E-state index in [1.54, 1.807) is 60.2 Å². The van der Waals surface area contributed by atoms with E-state index in [9.17, 15) is 14.0 Å². The standard InChI is InChI=1S/C27H27FN2O4/c1-19(31)30-14-13-29(17-26(30)21-9-11-24(33-2)12-10-21)27(32)22-6-4-8-25(16-22)34-18-20-5-3-7-23(28)15-20/h3-12,15-16,26H,13-14,17-18H2,1-2H3/t26-/m1/s1. The van der Waals surface area contributed by atoms with Crippen LogP contribution in [0.3, 0.4) is 0 Å². The molecule has 3 aromatic carbocycles. The number of nitrogens with zero attached hydrogens (tertiary/aromatic N) is 2. The number of piperazine rings is 1. The van der Waals surface area contributed by atoms with Gasteiger partial charge < -0.3 is 19.3 Å². The molecule has 7 heteroatoms. The van der Waals surface area contributed by atoms with Gasteiger partial charge in [0.15, 0.2) is 0 Å². The molecule has 1 fully saturated rings. The quantitative estimate of drug-likeness (QED) is 0.543. The molecule has 1 atom stereocenters. The second-order valence-electron chi connectivity index (χ2n) is 8.20. The van der Waals surface area contributed by atoms with Gasteiger partial charge >= 0.3 is 0 Å². The molecule has 0 N–H and O–H groups in total. The van der Waals surface area contributed by atoms with E-state index in [2.05, 4.69) is 0 Å². The van der Waals surface area contributed by atoms with Gasteiger partial charge in [-0.15, -0.1) is 0 Å². The van der Waals surface area contributed by atoms with E-state index in [0.717, 1.165) is 11.3 Å². The van der Waals surface area contributed by atoms with Crippen molar-refractivity contribution in [2.24, 2.45) is 0 Å². The van der Waals surface area contributed by atoms with Crippen LogP contribution in [0.1, 0.15) is 34.5 Å². The van der Waals surface area contributed by atoms with Crippen molar-refractivity contribution < 1.29 is 23.5 Å². The summed E-state index contributed by atoms with van der Waals surface area (Å²) in [6.07, 6.45) is 0. The van der Waals surface area contributed by atoms with Gasteiger partial charge in [0.2, 0.25) is 5.91 Å². The topological polar surface area (TPSA) is 59.1 Å². The van der Waals surface area contributed by atoms with Crippen LogP contribution in [0.25, 0.3) is 0 Å². The molecule has 1 saturated heterocycles. The SMILES string of the molecule is COc1ccc([C@H]2CN(C(=O)c3cccc(OCc4cccc(F)c4)c3)CCN2C(C)=O)cc1. The summed E-state index contributed by atoms with van der Waals surface area (Å²) in [4.78, 5) is 29.1. The van der Waals surface area contributed by atoms with Crippen LogP contribution in [0, 0.1) is 5.82 Å². The van der Waals surface area contributed by atoms with Crippen LogP contribution in [-0.2, 0) is 11.4 Å². The molecular weight excluding hydrogens is 435 g/mol. The Labute approximate surface area is 198 Å². The Balaban J connectivity index is 1.48. The molecule has 0 aromatic heterocycles. The van der Waals surface area contributed by atoms with Gasteiger partial charge in [-0.05, 0) is 53.6 Å². The first-order valence-corrected chi connectivity index (χ1v) is 11.1. The number of halogens is 1. The van der Waals surface area contributed by atoms with Crippen molar-refractivity contribution in [2.75, 3.05) is 26.7 Å². The minimum Gasteiger partial charge on any atom is -0.497 e. The largest absolute Gasteiger partial charge is 0.497 e. The number of benzene rings is 3. The molecule has 1 aliphatic rings. The average molecular weight is 463 g/mol. The van der Waals surface area contributed by atoms with Crippen molar-refractivity contribution in [3.8, 4) is 11.5 Å². The van der Waals surface area contributed by atoms with Gasteiger partial charge in [-0.1, -0.05) is 30.3 Å². The number of rotatable bonds is 6. The highest BCUT2D eigenvalue weighted by molar-refractivity contribution is 5.94. The molecule has 0 aliphatic carbocycles. The average Bonchev–Trinajstić information content (AvgIpc) is 2.87. The summed E-state index contributed by atoms with van der Waals surface area (Å²) in [6.45, 7) is 3.03. The molecule has 176 valence electrons. The van der Waals surface area contributed by atoms with Crippen molar-refractivity contribution in [1.29, 1.82) is 0 Å². The maximum Gasteiger partial charge on any atom is 0.254 e. The lowest BCUT2D eigenvalue weighted by molar-refractivity contribution is -0.133. The number of ether oxygens (including phenoxy) is 2. The maximum atomic E-state index is 13.4. The molecule has 1 aliphatic heterocycles. The molecule has 34 heavy (non-hydrogen) atoms. The zero-order valence-electron chi connectivity index (χ0n) is 19.2. The van der Waals surface area contributed by atoms with Gasteiger partial charge in [0.1, 0.15) is 23.9 Å². The van der Waals surface area contributed by atoms with Gasteiger partial charge in [-0.25, -0.2) is 4.39 Å². The normalized spacial score (nSPS) is 15.7. The molecule has 0 saturated carbocycles. The van der Waals surface area contributed by atoms with E-state index in [4.69, 9.17) is 9.47 Å². The summed E-state index contributed by atoms with van der Waals surface area (Å²) >= 11 is 0. The van der Waals surface area contributed by atoms with Gasteiger partial charge in [0.25, 0.3) is 5.91 Å². The van der Waals surface area contributed by atoms with Crippen molar-refractivity contribution in [3.05, 3.63) is 95.3 Å². The van der Waals surface area contributed by atoms with Crippen LogP contribution in [0.4, 0.5) is 4.39 Å². The molecule has 0 radical (unpaired) electrons. The first-order chi connectivity index (χ1) is 16.4. The zero-order chi connectivity index (χ0) is 24.1. The molecule has 0 spiro atoms. The van der Waals surface area contributed by atoms with Gasteiger partial charge in [-0.3, -0.25) is 9.59 Å². The van der Waals surface area contributed by atoms with E-state index in [1.807, 2.05) is 24.3 Å². The molecule has 1 heterocycles. The van der Waals surface area contributed by atoms with Crippen molar-refractivity contribution in [2.45, 2.75) is 19.6 Å². The maximum absolute atomic E-state index is 13.4. The van der Waals surface area contributed by atoms with Crippen LogP contribution in [-0.4, -0.2) is 48.4 Å². The third-order valence-electron chi connectivity index (χ3n) is 5.95. The molecule has 4 rings (SSSR count). The molecule has 0 unspecified atom stereocenters. The molecule has 0 bridgehead atoms. The van der Waals surface area contributed by atoms with Gasteiger partial charge in [0.05, 0.1) is 13.2 Å². The smallest absolute Gasteiger partial charge is 0.254 e. The van der Waals surface area contributed by atoms with Crippen LogP contribution in [0.5, 0.6) is 11.5 Å². The van der Waals surface area contributed by atoms with Crippen LogP contribution >= 0.6 is 0 Å². The Morgan fingerprint density at radius 1 is 0.971 bits per heavy atom. The van der Waals surface area contributed by atoms with Crippen molar-refractivity contribution in [3.63, 3.8) is 0 Å². The van der Waals surface area contributed by atoms with Crippen LogP contribution < -0.4 is 9.47 Å². The van der Waals surface area contributed by atoms with E-state index < -0.39 is 0 Å². The summed E-state index contributed by atoms with van der Waals surface area (Å²) in [5.74, 6) is 0.792. The van der Waals surface area contributed by atoms with E-state index in [0.29, 0.717) is 36.5 Å². The number of hydrogen-bond donors (Lipinski definition) is 0. The first kappa shape index (κ1) is 23.3. The Morgan fingerprint density at radius 3 is 2.44 bits per heavy atom. The lowest BCUT2D eigenvalue weighted by Gasteiger charge is -2.41. The highest BCUT2D eigenvalue weighted by Crippen LogP contribution is 2.28. The lowest BCUT2D eigenvalue weighted by Crippen LogP contribution is -2.51. The first-order valence-electron chi connectivity index (χ1n) is 11.1. The highest BCUT2D eigenvalue weighted by atomic mass is 19.1. The summed E-state index contributed by atoms with van der Waals surface area (Å²) in [5, 5.41) is 0. The second kappa shape index (κ2) is 10.4. The molecule has 6 nitrogen and oxygen atoms in total. The fourth-order valence-electron chi connectivity index (χ4n) is 4.15. The summed E-state index contributed by atoms with van der Waals surface area (Å²) in [5.41, 5.74) is 2.15.